The first kappa shape index (κ1) is 22.7. The fourth-order valence-corrected chi connectivity index (χ4v) is 3.29. The number of rotatable bonds is 15. The first-order valence-corrected chi connectivity index (χ1v) is 10.7. The second-order valence-corrected chi connectivity index (χ2v) is 7.50. The number of hydrogen-bond donors (Lipinski definition) is 2. The molecule has 2 atom stereocenters. The van der Waals surface area contributed by atoms with Crippen molar-refractivity contribution in [1.29, 1.82) is 0 Å². The predicted molar refractivity (Wildman–Crippen MR) is 110 cm³/mol. The van der Waals surface area contributed by atoms with E-state index in [1.165, 1.54) is 57.8 Å². The standard InChI is InChI=1S/C23H39NO2/c1-3-4-5-6-7-8-9-10-11-12-16-19-22(25)24-20(2)23(26)21-17-14-13-15-18-21/h13-15,17-18,20,23,26H,3-12,16,19H2,1-2H3,(H,24,25)/t20-,23?/m1/s1. The van der Waals surface area contributed by atoms with Crippen molar-refractivity contribution >= 4 is 5.91 Å². The minimum absolute atomic E-state index is 0.0448. The largest absolute Gasteiger partial charge is 0.386 e. The van der Waals surface area contributed by atoms with Crippen LogP contribution in [0.3, 0.4) is 0 Å². The molecule has 0 bridgehead atoms. The van der Waals surface area contributed by atoms with Crippen molar-refractivity contribution in [1.82, 2.24) is 5.32 Å². The fourth-order valence-electron chi connectivity index (χ4n) is 3.29. The van der Waals surface area contributed by atoms with E-state index in [2.05, 4.69) is 12.2 Å². The van der Waals surface area contributed by atoms with Gasteiger partial charge in [-0.3, -0.25) is 4.79 Å². The number of aliphatic hydroxyl groups is 1. The summed E-state index contributed by atoms with van der Waals surface area (Å²) >= 11 is 0. The molecular formula is C23H39NO2. The van der Waals surface area contributed by atoms with E-state index in [0.29, 0.717) is 6.42 Å². The third-order valence-corrected chi connectivity index (χ3v) is 5.01. The highest BCUT2D eigenvalue weighted by molar-refractivity contribution is 5.76. The molecule has 0 saturated heterocycles. The summed E-state index contributed by atoms with van der Waals surface area (Å²) in [7, 11) is 0. The van der Waals surface area contributed by atoms with Crippen molar-refractivity contribution in [2.45, 2.75) is 103 Å². The third-order valence-electron chi connectivity index (χ3n) is 5.01. The third kappa shape index (κ3) is 10.6. The zero-order chi connectivity index (χ0) is 19.0. The van der Waals surface area contributed by atoms with Crippen molar-refractivity contribution in [2.75, 3.05) is 0 Å². The Morgan fingerprint density at radius 1 is 0.885 bits per heavy atom. The minimum atomic E-state index is -0.655. The maximum Gasteiger partial charge on any atom is 0.220 e. The average molecular weight is 362 g/mol. The quantitative estimate of drug-likeness (QED) is 0.381. The van der Waals surface area contributed by atoms with Crippen LogP contribution in [0.25, 0.3) is 0 Å². The first-order valence-electron chi connectivity index (χ1n) is 10.7. The van der Waals surface area contributed by atoms with E-state index in [4.69, 9.17) is 0 Å². The molecule has 2 N–H and O–H groups in total. The highest BCUT2D eigenvalue weighted by Crippen LogP contribution is 2.16. The van der Waals surface area contributed by atoms with E-state index in [-0.39, 0.29) is 11.9 Å². The summed E-state index contributed by atoms with van der Waals surface area (Å²) in [6, 6.07) is 9.23. The van der Waals surface area contributed by atoms with E-state index >= 15 is 0 Å². The summed E-state index contributed by atoms with van der Waals surface area (Å²) in [5.74, 6) is 0.0448. The van der Waals surface area contributed by atoms with Crippen molar-refractivity contribution in [3.8, 4) is 0 Å². The van der Waals surface area contributed by atoms with Gasteiger partial charge in [-0.2, -0.15) is 0 Å². The Kier molecular flexibility index (Phi) is 12.9. The Bertz CT molecular complexity index is 461. The molecule has 1 amide bonds. The van der Waals surface area contributed by atoms with Crippen molar-refractivity contribution in [2.24, 2.45) is 0 Å². The van der Waals surface area contributed by atoms with Gasteiger partial charge in [-0.05, 0) is 18.9 Å². The lowest BCUT2D eigenvalue weighted by molar-refractivity contribution is -0.122. The molecule has 0 aliphatic carbocycles. The number of aliphatic hydroxyl groups excluding tert-OH is 1. The van der Waals surface area contributed by atoms with E-state index in [1.807, 2.05) is 37.3 Å². The summed E-state index contributed by atoms with van der Waals surface area (Å²) < 4.78 is 0. The van der Waals surface area contributed by atoms with Crippen molar-refractivity contribution in [3.63, 3.8) is 0 Å². The summed E-state index contributed by atoms with van der Waals surface area (Å²) in [6.07, 6.45) is 14.0. The average Bonchev–Trinajstić information content (AvgIpc) is 2.66. The monoisotopic (exact) mass is 361 g/mol. The van der Waals surface area contributed by atoms with Crippen LogP contribution in [0, 0.1) is 0 Å². The molecule has 1 aromatic carbocycles. The van der Waals surface area contributed by atoms with Crippen LogP contribution in [0.5, 0.6) is 0 Å². The number of benzene rings is 1. The minimum Gasteiger partial charge on any atom is -0.386 e. The van der Waals surface area contributed by atoms with E-state index in [9.17, 15) is 9.90 Å². The molecule has 0 spiro atoms. The molecule has 0 saturated carbocycles. The van der Waals surface area contributed by atoms with Crippen LogP contribution in [-0.4, -0.2) is 17.1 Å². The van der Waals surface area contributed by atoms with Gasteiger partial charge >= 0.3 is 0 Å². The summed E-state index contributed by atoms with van der Waals surface area (Å²) in [4.78, 5) is 12.0. The fraction of sp³-hybridized carbons (Fsp3) is 0.696. The summed E-state index contributed by atoms with van der Waals surface area (Å²) in [6.45, 7) is 4.11. The second-order valence-electron chi connectivity index (χ2n) is 7.50. The topological polar surface area (TPSA) is 49.3 Å². The van der Waals surface area contributed by atoms with Gasteiger partial charge in [0, 0.05) is 6.42 Å². The molecule has 1 rings (SSSR count). The van der Waals surface area contributed by atoms with E-state index in [0.717, 1.165) is 18.4 Å². The van der Waals surface area contributed by atoms with Gasteiger partial charge in [0.05, 0.1) is 12.1 Å². The number of amides is 1. The van der Waals surface area contributed by atoms with Gasteiger partial charge in [-0.25, -0.2) is 0 Å². The Labute approximate surface area is 160 Å². The zero-order valence-corrected chi connectivity index (χ0v) is 16.9. The molecule has 0 aromatic heterocycles. The molecule has 0 heterocycles. The summed E-state index contributed by atoms with van der Waals surface area (Å²) in [5, 5.41) is 13.2. The zero-order valence-electron chi connectivity index (χ0n) is 16.9. The molecule has 1 aromatic rings. The lowest BCUT2D eigenvalue weighted by Gasteiger charge is -2.20. The predicted octanol–water partition coefficient (Wildman–Crippen LogP) is 5.93. The molecule has 1 unspecified atom stereocenters. The van der Waals surface area contributed by atoms with Gasteiger partial charge in [0.2, 0.25) is 5.91 Å². The highest BCUT2D eigenvalue weighted by atomic mass is 16.3. The van der Waals surface area contributed by atoms with Crippen LogP contribution in [0.15, 0.2) is 30.3 Å². The summed E-state index contributed by atoms with van der Waals surface area (Å²) in [5.41, 5.74) is 0.843. The Balaban J connectivity index is 2.00. The van der Waals surface area contributed by atoms with Crippen LogP contribution >= 0.6 is 0 Å². The first-order chi connectivity index (χ1) is 12.6. The SMILES string of the molecule is CCCCCCCCCCCCCC(=O)N[C@H](C)C(O)c1ccccc1. The van der Waals surface area contributed by atoms with Gasteiger partial charge in [-0.1, -0.05) is 101 Å². The highest BCUT2D eigenvalue weighted by Gasteiger charge is 2.17. The van der Waals surface area contributed by atoms with Gasteiger partial charge < -0.3 is 10.4 Å². The molecule has 0 fully saturated rings. The number of carbonyl (C=O) groups excluding carboxylic acids is 1. The van der Waals surface area contributed by atoms with Crippen LogP contribution in [0.4, 0.5) is 0 Å². The van der Waals surface area contributed by atoms with Crippen LogP contribution in [-0.2, 0) is 4.79 Å². The maximum absolute atomic E-state index is 12.0. The molecule has 3 heteroatoms. The van der Waals surface area contributed by atoms with Gasteiger partial charge in [0.25, 0.3) is 0 Å². The van der Waals surface area contributed by atoms with E-state index in [1.54, 1.807) is 0 Å². The van der Waals surface area contributed by atoms with Crippen molar-refractivity contribution < 1.29 is 9.90 Å². The van der Waals surface area contributed by atoms with Gasteiger partial charge in [0.1, 0.15) is 0 Å². The second kappa shape index (κ2) is 14.8. The lowest BCUT2D eigenvalue weighted by Crippen LogP contribution is -2.36. The van der Waals surface area contributed by atoms with Crippen LogP contribution in [0.2, 0.25) is 0 Å². The Morgan fingerprint density at radius 3 is 1.92 bits per heavy atom. The Morgan fingerprint density at radius 2 is 1.38 bits per heavy atom. The van der Waals surface area contributed by atoms with Crippen molar-refractivity contribution in [3.05, 3.63) is 35.9 Å². The molecular weight excluding hydrogens is 322 g/mol. The number of carbonyl (C=O) groups is 1. The Hall–Kier alpha value is -1.35. The van der Waals surface area contributed by atoms with Gasteiger partial charge in [-0.15, -0.1) is 0 Å². The molecule has 3 nitrogen and oxygen atoms in total. The number of nitrogens with one attached hydrogen (secondary N) is 1. The molecule has 26 heavy (non-hydrogen) atoms. The molecule has 0 radical (unpaired) electrons. The normalized spacial score (nSPS) is 13.3. The van der Waals surface area contributed by atoms with Gasteiger partial charge in [0.15, 0.2) is 0 Å². The van der Waals surface area contributed by atoms with Crippen LogP contribution < -0.4 is 5.32 Å². The molecule has 148 valence electrons. The smallest absolute Gasteiger partial charge is 0.220 e. The molecule has 0 aliphatic heterocycles. The maximum atomic E-state index is 12.0. The van der Waals surface area contributed by atoms with E-state index < -0.39 is 6.10 Å². The van der Waals surface area contributed by atoms with Crippen LogP contribution in [0.1, 0.15) is 103 Å². The number of unbranched alkanes of at least 4 members (excludes halogenated alkanes) is 10. The lowest BCUT2D eigenvalue weighted by atomic mass is 10.0. The molecule has 0 aliphatic rings. The number of hydrogen-bond acceptors (Lipinski definition) is 2.